The number of amides is 1. The number of para-hydroxylation sites is 1. The average molecular weight is 220 g/mol. The van der Waals surface area contributed by atoms with Crippen molar-refractivity contribution in [1.29, 1.82) is 0 Å². The molecule has 0 aromatic heterocycles. The van der Waals surface area contributed by atoms with Gasteiger partial charge < -0.3 is 16.2 Å². The van der Waals surface area contributed by atoms with E-state index < -0.39 is 0 Å². The van der Waals surface area contributed by atoms with E-state index >= 15 is 0 Å². The second kappa shape index (κ2) is 4.14. The van der Waals surface area contributed by atoms with E-state index in [2.05, 4.69) is 5.32 Å². The van der Waals surface area contributed by atoms with Gasteiger partial charge in [-0.1, -0.05) is 12.1 Å². The van der Waals surface area contributed by atoms with Gasteiger partial charge in [0.25, 0.3) is 5.91 Å². The molecule has 2 rings (SSSR count). The molecule has 0 unspecified atom stereocenters. The molecule has 86 valence electrons. The molecule has 0 aliphatic heterocycles. The van der Waals surface area contributed by atoms with Crippen molar-refractivity contribution in [1.82, 2.24) is 5.32 Å². The minimum atomic E-state index is -0.264. The molecule has 0 atom stereocenters. The molecule has 0 spiro atoms. The van der Waals surface area contributed by atoms with Gasteiger partial charge in [-0.3, -0.25) is 4.79 Å². The quantitative estimate of drug-likeness (QED) is 0.646. The third-order valence-electron chi connectivity index (χ3n) is 3.02. The number of benzene rings is 1. The van der Waals surface area contributed by atoms with Crippen LogP contribution in [0.4, 0.5) is 5.69 Å². The molecule has 1 saturated carbocycles. The van der Waals surface area contributed by atoms with E-state index in [1.165, 1.54) is 0 Å². The zero-order valence-corrected chi connectivity index (χ0v) is 9.23. The maximum absolute atomic E-state index is 11.9. The summed E-state index contributed by atoms with van der Waals surface area (Å²) in [5.41, 5.74) is 7.78. The number of aliphatic hydroxyl groups excluding tert-OH is 1. The summed E-state index contributed by atoms with van der Waals surface area (Å²) in [7, 11) is 0. The average Bonchev–Trinajstić information content (AvgIpc) is 2.19. The Hall–Kier alpha value is -1.55. The number of carbonyl (C=O) groups is 1. The normalized spacial score (nSPS) is 23.6. The van der Waals surface area contributed by atoms with Gasteiger partial charge in [0.1, 0.15) is 0 Å². The Balaban J connectivity index is 2.06. The van der Waals surface area contributed by atoms with E-state index in [0.717, 1.165) is 5.56 Å². The molecule has 1 fully saturated rings. The fourth-order valence-corrected chi connectivity index (χ4v) is 1.85. The first-order chi connectivity index (χ1) is 7.58. The molecule has 16 heavy (non-hydrogen) atoms. The topological polar surface area (TPSA) is 75.3 Å². The Labute approximate surface area is 94.5 Å². The number of rotatable bonds is 2. The SMILES string of the molecule is Cc1cccc(C(=O)NC2CC(O)C2)c1N. The van der Waals surface area contributed by atoms with Gasteiger partial charge >= 0.3 is 0 Å². The van der Waals surface area contributed by atoms with E-state index in [4.69, 9.17) is 10.8 Å². The summed E-state index contributed by atoms with van der Waals surface area (Å²) in [6.45, 7) is 1.87. The first-order valence-corrected chi connectivity index (χ1v) is 5.42. The van der Waals surface area contributed by atoms with Gasteiger partial charge in [-0.2, -0.15) is 0 Å². The molecular weight excluding hydrogens is 204 g/mol. The highest BCUT2D eigenvalue weighted by molar-refractivity contribution is 5.99. The van der Waals surface area contributed by atoms with Crippen LogP contribution in [0.25, 0.3) is 0 Å². The number of hydrogen-bond acceptors (Lipinski definition) is 3. The monoisotopic (exact) mass is 220 g/mol. The zero-order chi connectivity index (χ0) is 11.7. The van der Waals surface area contributed by atoms with E-state index in [-0.39, 0.29) is 18.1 Å². The van der Waals surface area contributed by atoms with Crippen LogP contribution >= 0.6 is 0 Å². The highest BCUT2D eigenvalue weighted by Gasteiger charge is 2.28. The number of hydrogen-bond donors (Lipinski definition) is 3. The third-order valence-corrected chi connectivity index (χ3v) is 3.02. The van der Waals surface area contributed by atoms with Crippen molar-refractivity contribution < 1.29 is 9.90 Å². The Bertz CT molecular complexity index is 411. The molecule has 1 aliphatic carbocycles. The fourth-order valence-electron chi connectivity index (χ4n) is 1.85. The van der Waals surface area contributed by atoms with Crippen LogP contribution in [-0.4, -0.2) is 23.2 Å². The van der Waals surface area contributed by atoms with Gasteiger partial charge in [0.05, 0.1) is 11.7 Å². The van der Waals surface area contributed by atoms with Gasteiger partial charge in [-0.15, -0.1) is 0 Å². The molecule has 1 aromatic rings. The second-order valence-electron chi connectivity index (χ2n) is 4.33. The standard InChI is InChI=1S/C12H16N2O2/c1-7-3-2-4-10(11(7)13)12(16)14-8-5-9(15)6-8/h2-4,8-9,15H,5-6,13H2,1H3,(H,14,16). The van der Waals surface area contributed by atoms with Gasteiger partial charge in [-0.05, 0) is 31.4 Å². The van der Waals surface area contributed by atoms with Crippen molar-refractivity contribution in [3.8, 4) is 0 Å². The van der Waals surface area contributed by atoms with Crippen LogP contribution in [0.15, 0.2) is 18.2 Å². The maximum atomic E-state index is 11.9. The van der Waals surface area contributed by atoms with Crippen LogP contribution in [0.1, 0.15) is 28.8 Å². The number of carbonyl (C=O) groups excluding carboxylic acids is 1. The van der Waals surface area contributed by atoms with Gasteiger partial charge in [0.2, 0.25) is 0 Å². The summed E-state index contributed by atoms with van der Waals surface area (Å²) >= 11 is 0. The maximum Gasteiger partial charge on any atom is 0.253 e. The summed E-state index contributed by atoms with van der Waals surface area (Å²) in [6.07, 6.45) is 1.01. The minimum Gasteiger partial charge on any atom is -0.398 e. The Morgan fingerprint density at radius 2 is 2.19 bits per heavy atom. The molecule has 0 bridgehead atoms. The van der Waals surface area contributed by atoms with Gasteiger partial charge in [0, 0.05) is 11.7 Å². The molecule has 0 saturated heterocycles. The fraction of sp³-hybridized carbons (Fsp3) is 0.417. The van der Waals surface area contributed by atoms with Crippen molar-refractivity contribution in [3.05, 3.63) is 29.3 Å². The summed E-state index contributed by atoms with van der Waals surface area (Å²) in [5, 5.41) is 12.0. The molecule has 1 amide bonds. The number of aliphatic hydroxyl groups is 1. The number of anilines is 1. The Morgan fingerprint density at radius 3 is 2.81 bits per heavy atom. The smallest absolute Gasteiger partial charge is 0.253 e. The third kappa shape index (κ3) is 2.02. The number of aryl methyl sites for hydroxylation is 1. The van der Waals surface area contributed by atoms with Crippen molar-refractivity contribution in [2.24, 2.45) is 0 Å². The Kier molecular flexibility index (Phi) is 2.83. The lowest BCUT2D eigenvalue weighted by molar-refractivity contribution is 0.0563. The van der Waals surface area contributed by atoms with Crippen LogP contribution in [0.2, 0.25) is 0 Å². The molecule has 1 aliphatic rings. The van der Waals surface area contributed by atoms with Gasteiger partial charge in [0.15, 0.2) is 0 Å². The molecule has 4 N–H and O–H groups in total. The summed E-state index contributed by atoms with van der Waals surface area (Å²) in [5.74, 6) is -0.155. The first-order valence-electron chi connectivity index (χ1n) is 5.42. The summed E-state index contributed by atoms with van der Waals surface area (Å²) in [4.78, 5) is 11.9. The predicted octanol–water partition coefficient (Wildman–Crippen LogP) is 0.830. The van der Waals surface area contributed by atoms with Crippen LogP contribution in [0.5, 0.6) is 0 Å². The molecular formula is C12H16N2O2. The molecule has 1 aromatic carbocycles. The summed E-state index contributed by atoms with van der Waals surface area (Å²) < 4.78 is 0. The highest BCUT2D eigenvalue weighted by Crippen LogP contribution is 2.21. The molecule has 4 nitrogen and oxygen atoms in total. The van der Waals surface area contributed by atoms with Crippen molar-refractivity contribution >= 4 is 11.6 Å². The van der Waals surface area contributed by atoms with Gasteiger partial charge in [-0.25, -0.2) is 0 Å². The number of nitrogen functional groups attached to an aromatic ring is 1. The van der Waals surface area contributed by atoms with E-state index in [1.54, 1.807) is 6.07 Å². The molecule has 4 heteroatoms. The van der Waals surface area contributed by atoms with Crippen molar-refractivity contribution in [2.75, 3.05) is 5.73 Å². The van der Waals surface area contributed by atoms with E-state index in [0.29, 0.717) is 24.1 Å². The summed E-state index contributed by atoms with van der Waals surface area (Å²) in [6, 6.07) is 5.49. The number of nitrogens with two attached hydrogens (primary N) is 1. The predicted molar refractivity (Wildman–Crippen MR) is 62.1 cm³/mol. The van der Waals surface area contributed by atoms with Crippen LogP contribution in [-0.2, 0) is 0 Å². The number of nitrogens with one attached hydrogen (secondary N) is 1. The highest BCUT2D eigenvalue weighted by atomic mass is 16.3. The van der Waals surface area contributed by atoms with E-state index in [9.17, 15) is 4.79 Å². The second-order valence-corrected chi connectivity index (χ2v) is 4.33. The van der Waals surface area contributed by atoms with Crippen LogP contribution < -0.4 is 11.1 Å². The lowest BCUT2D eigenvalue weighted by Crippen LogP contribution is -2.46. The molecule has 0 radical (unpaired) electrons. The zero-order valence-electron chi connectivity index (χ0n) is 9.23. The first kappa shape index (κ1) is 11.0. The largest absolute Gasteiger partial charge is 0.398 e. The van der Waals surface area contributed by atoms with Crippen molar-refractivity contribution in [2.45, 2.75) is 31.9 Å². The Morgan fingerprint density at radius 1 is 1.50 bits per heavy atom. The van der Waals surface area contributed by atoms with Crippen LogP contribution in [0.3, 0.4) is 0 Å². The lowest BCUT2D eigenvalue weighted by atomic mass is 9.89. The minimum absolute atomic E-state index is 0.0856. The van der Waals surface area contributed by atoms with Crippen LogP contribution in [0, 0.1) is 6.92 Å². The lowest BCUT2D eigenvalue weighted by Gasteiger charge is -2.32. The van der Waals surface area contributed by atoms with Crippen molar-refractivity contribution in [3.63, 3.8) is 0 Å². The van der Waals surface area contributed by atoms with E-state index in [1.807, 2.05) is 19.1 Å². The molecule has 0 heterocycles.